The van der Waals surface area contributed by atoms with Crippen molar-refractivity contribution in [3.63, 3.8) is 0 Å². The lowest BCUT2D eigenvalue weighted by atomic mass is 10.1. The van der Waals surface area contributed by atoms with Gasteiger partial charge in [-0.1, -0.05) is 18.2 Å². The number of methoxy groups -OCH3 is 1. The van der Waals surface area contributed by atoms with E-state index >= 15 is 0 Å². The summed E-state index contributed by atoms with van der Waals surface area (Å²) in [5, 5.41) is 0. The maximum atomic E-state index is 12.1. The van der Waals surface area contributed by atoms with Crippen LogP contribution < -0.4 is 14.2 Å². The quantitative estimate of drug-likeness (QED) is 0.574. The van der Waals surface area contributed by atoms with E-state index in [0.29, 0.717) is 25.6 Å². The number of para-hydroxylation sites is 1. The van der Waals surface area contributed by atoms with E-state index in [1.54, 1.807) is 24.1 Å². The Hall–Kier alpha value is -2.73. The van der Waals surface area contributed by atoms with E-state index < -0.39 is 0 Å². The largest absolute Gasteiger partial charge is 0.496 e. The highest BCUT2D eigenvalue weighted by Crippen LogP contribution is 2.20. The van der Waals surface area contributed by atoms with Gasteiger partial charge in [0, 0.05) is 25.1 Å². The summed E-state index contributed by atoms with van der Waals surface area (Å²) in [5.74, 6) is 2.12. The van der Waals surface area contributed by atoms with Crippen molar-refractivity contribution < 1.29 is 23.7 Å². The van der Waals surface area contributed by atoms with Crippen molar-refractivity contribution >= 4 is 6.09 Å². The number of carbonyl (C=O) groups excluding carboxylic acids is 1. The smallest absolute Gasteiger partial charge is 0.415 e. The van der Waals surface area contributed by atoms with E-state index in [-0.39, 0.29) is 6.09 Å². The summed E-state index contributed by atoms with van der Waals surface area (Å²) in [6.07, 6.45) is 3.78. The van der Waals surface area contributed by atoms with Crippen molar-refractivity contribution in [2.45, 2.75) is 32.3 Å². The van der Waals surface area contributed by atoms with Crippen LogP contribution in [0.3, 0.4) is 0 Å². The SMILES string of the molecule is COc1ccccc1COCCCOc1ccc(OC(=O)N2CCCCC2)cc1. The molecule has 1 fully saturated rings. The van der Waals surface area contributed by atoms with Crippen LogP contribution >= 0.6 is 0 Å². The predicted octanol–water partition coefficient (Wildman–Crippen LogP) is 4.67. The first kappa shape index (κ1) is 21.0. The molecule has 1 aliphatic rings. The van der Waals surface area contributed by atoms with Gasteiger partial charge in [0.2, 0.25) is 0 Å². The third kappa shape index (κ3) is 6.68. The van der Waals surface area contributed by atoms with Crippen LogP contribution in [0.5, 0.6) is 17.2 Å². The van der Waals surface area contributed by atoms with Crippen molar-refractivity contribution in [2.75, 3.05) is 33.4 Å². The fourth-order valence-electron chi connectivity index (χ4n) is 3.20. The summed E-state index contributed by atoms with van der Waals surface area (Å²) in [5.41, 5.74) is 1.03. The number of rotatable bonds is 9. The fourth-order valence-corrected chi connectivity index (χ4v) is 3.20. The molecule has 2 aromatic carbocycles. The molecule has 0 saturated carbocycles. The molecule has 3 rings (SSSR count). The van der Waals surface area contributed by atoms with Crippen molar-refractivity contribution in [1.82, 2.24) is 4.90 Å². The number of likely N-dealkylation sites (tertiary alicyclic amines) is 1. The summed E-state index contributed by atoms with van der Waals surface area (Å²) in [6.45, 7) is 3.22. The zero-order valence-electron chi connectivity index (χ0n) is 17.0. The van der Waals surface area contributed by atoms with Gasteiger partial charge in [-0.15, -0.1) is 0 Å². The van der Waals surface area contributed by atoms with Gasteiger partial charge in [-0.2, -0.15) is 0 Å². The van der Waals surface area contributed by atoms with Crippen LogP contribution in [0.1, 0.15) is 31.2 Å². The van der Waals surface area contributed by atoms with Crippen LogP contribution in [0, 0.1) is 0 Å². The third-order valence-corrected chi connectivity index (χ3v) is 4.79. The Bertz CT molecular complexity index is 756. The molecule has 0 atom stereocenters. The van der Waals surface area contributed by atoms with Crippen molar-refractivity contribution in [1.29, 1.82) is 0 Å². The Balaban J connectivity index is 1.32. The first-order valence-corrected chi connectivity index (χ1v) is 10.2. The number of hydrogen-bond acceptors (Lipinski definition) is 5. The van der Waals surface area contributed by atoms with Gasteiger partial charge >= 0.3 is 6.09 Å². The second-order valence-corrected chi connectivity index (χ2v) is 6.95. The lowest BCUT2D eigenvalue weighted by Crippen LogP contribution is -2.37. The summed E-state index contributed by atoms with van der Waals surface area (Å²) >= 11 is 0. The number of benzene rings is 2. The minimum Gasteiger partial charge on any atom is -0.496 e. The van der Waals surface area contributed by atoms with Crippen molar-refractivity contribution in [3.05, 3.63) is 54.1 Å². The predicted molar refractivity (Wildman–Crippen MR) is 111 cm³/mol. The molecule has 6 nitrogen and oxygen atoms in total. The van der Waals surface area contributed by atoms with Gasteiger partial charge in [0.15, 0.2) is 0 Å². The summed E-state index contributed by atoms with van der Waals surface area (Å²) in [7, 11) is 1.66. The molecule has 2 aromatic rings. The molecule has 1 amide bonds. The average Bonchev–Trinajstić information content (AvgIpc) is 2.78. The van der Waals surface area contributed by atoms with Gasteiger partial charge in [0.1, 0.15) is 17.2 Å². The Morgan fingerprint density at radius 2 is 1.66 bits per heavy atom. The van der Waals surface area contributed by atoms with Gasteiger partial charge in [0.05, 0.1) is 26.9 Å². The molecular formula is C23H29NO5. The van der Waals surface area contributed by atoms with E-state index in [1.165, 1.54) is 6.42 Å². The van der Waals surface area contributed by atoms with Crippen LogP contribution in [0.25, 0.3) is 0 Å². The molecular weight excluding hydrogens is 370 g/mol. The standard InChI is InChI=1S/C23H29NO5/c1-26-22-9-4-3-8-19(22)18-27-16-7-17-28-20-10-12-21(13-11-20)29-23(25)24-14-5-2-6-15-24/h3-4,8-13H,2,5-7,14-18H2,1H3. The monoisotopic (exact) mass is 399 g/mol. The molecule has 29 heavy (non-hydrogen) atoms. The zero-order chi connectivity index (χ0) is 20.3. The second kappa shape index (κ2) is 11.3. The third-order valence-electron chi connectivity index (χ3n) is 4.79. The minimum atomic E-state index is -0.273. The van der Waals surface area contributed by atoms with Crippen molar-refractivity contribution in [3.8, 4) is 17.2 Å². The van der Waals surface area contributed by atoms with Gasteiger partial charge < -0.3 is 23.8 Å². The molecule has 0 aromatic heterocycles. The zero-order valence-corrected chi connectivity index (χ0v) is 17.0. The topological polar surface area (TPSA) is 57.2 Å². The van der Waals surface area contributed by atoms with Crippen LogP contribution in [-0.4, -0.2) is 44.4 Å². The van der Waals surface area contributed by atoms with Crippen LogP contribution in [0.4, 0.5) is 4.79 Å². The molecule has 0 radical (unpaired) electrons. The van der Waals surface area contributed by atoms with E-state index in [4.69, 9.17) is 18.9 Å². The number of nitrogens with zero attached hydrogens (tertiary/aromatic N) is 1. The molecule has 156 valence electrons. The number of carbonyl (C=O) groups is 1. The van der Waals surface area contributed by atoms with Crippen LogP contribution in [-0.2, 0) is 11.3 Å². The Morgan fingerprint density at radius 1 is 0.931 bits per heavy atom. The maximum Gasteiger partial charge on any atom is 0.415 e. The van der Waals surface area contributed by atoms with Gasteiger partial charge in [-0.25, -0.2) is 4.79 Å². The normalized spacial score (nSPS) is 13.8. The summed E-state index contributed by atoms with van der Waals surface area (Å²) in [4.78, 5) is 13.9. The van der Waals surface area contributed by atoms with Crippen LogP contribution in [0.2, 0.25) is 0 Å². The van der Waals surface area contributed by atoms with E-state index in [2.05, 4.69) is 0 Å². The van der Waals surface area contributed by atoms with Crippen molar-refractivity contribution in [2.24, 2.45) is 0 Å². The molecule has 0 spiro atoms. The Labute approximate surface area is 172 Å². The number of hydrogen-bond donors (Lipinski definition) is 0. The second-order valence-electron chi connectivity index (χ2n) is 6.95. The molecule has 1 aliphatic heterocycles. The molecule has 0 N–H and O–H groups in total. The lowest BCUT2D eigenvalue weighted by molar-refractivity contribution is 0.105. The molecule has 0 unspecified atom stereocenters. The van der Waals surface area contributed by atoms with Crippen LogP contribution in [0.15, 0.2) is 48.5 Å². The number of amides is 1. The van der Waals surface area contributed by atoms with E-state index in [9.17, 15) is 4.79 Å². The van der Waals surface area contributed by atoms with E-state index in [1.807, 2.05) is 36.4 Å². The highest BCUT2D eigenvalue weighted by molar-refractivity contribution is 5.70. The Morgan fingerprint density at radius 3 is 2.41 bits per heavy atom. The van der Waals surface area contributed by atoms with Gasteiger partial charge in [-0.3, -0.25) is 0 Å². The summed E-state index contributed by atoms with van der Waals surface area (Å²) < 4.78 is 22.2. The number of ether oxygens (including phenoxy) is 4. The highest BCUT2D eigenvalue weighted by atomic mass is 16.6. The summed E-state index contributed by atoms with van der Waals surface area (Å²) in [6, 6.07) is 15.0. The first-order valence-electron chi connectivity index (χ1n) is 10.2. The van der Waals surface area contributed by atoms with Gasteiger partial charge in [0.25, 0.3) is 0 Å². The minimum absolute atomic E-state index is 0.273. The molecule has 0 bridgehead atoms. The molecule has 6 heteroatoms. The van der Waals surface area contributed by atoms with Gasteiger partial charge in [-0.05, 0) is 49.6 Å². The molecule has 1 heterocycles. The average molecular weight is 399 g/mol. The molecule has 0 aliphatic carbocycles. The maximum absolute atomic E-state index is 12.1. The Kier molecular flexibility index (Phi) is 8.19. The fraction of sp³-hybridized carbons (Fsp3) is 0.435. The molecule has 1 saturated heterocycles. The first-order chi connectivity index (χ1) is 14.3. The lowest BCUT2D eigenvalue weighted by Gasteiger charge is -2.25. The van der Waals surface area contributed by atoms with E-state index in [0.717, 1.165) is 49.4 Å². The highest BCUT2D eigenvalue weighted by Gasteiger charge is 2.18. The number of piperidine rings is 1.